The van der Waals surface area contributed by atoms with Gasteiger partial charge >= 0.3 is 11.7 Å². The molecule has 1 atom stereocenters. The molecule has 0 aliphatic heterocycles. The zero-order chi connectivity index (χ0) is 24.8. The smallest absolute Gasteiger partial charge is 0.332 e. The Morgan fingerprint density at radius 1 is 1.21 bits per heavy atom. The molecule has 34 heavy (non-hydrogen) atoms. The maximum absolute atomic E-state index is 13.7. The van der Waals surface area contributed by atoms with Crippen LogP contribution in [-0.4, -0.2) is 30.1 Å². The predicted molar refractivity (Wildman–Crippen MR) is 134 cm³/mol. The summed E-state index contributed by atoms with van der Waals surface area (Å²) < 4.78 is 13.7. The Hall–Kier alpha value is -3.33. The zero-order valence-electron chi connectivity index (χ0n) is 20.2. The van der Waals surface area contributed by atoms with Crippen LogP contribution in [0, 0.1) is 13.8 Å². The maximum atomic E-state index is 13.7. The Morgan fingerprint density at radius 3 is 2.62 bits per heavy atom. The molecular formula is C25H28N4O4S. The second-order valence-corrected chi connectivity index (χ2v) is 10.3. The fourth-order valence-corrected chi connectivity index (χ4v) is 5.23. The molecule has 1 unspecified atom stereocenters. The van der Waals surface area contributed by atoms with Gasteiger partial charge in [0.05, 0.1) is 34.0 Å². The predicted octanol–water partition coefficient (Wildman–Crippen LogP) is 4.13. The van der Waals surface area contributed by atoms with Gasteiger partial charge in [0.15, 0.2) is 0 Å². The lowest BCUT2D eigenvalue weighted by molar-refractivity contribution is -0.159. The molecule has 0 saturated carbocycles. The summed E-state index contributed by atoms with van der Waals surface area (Å²) in [6.45, 7) is 11.2. The van der Waals surface area contributed by atoms with Crippen molar-refractivity contribution in [2.45, 2.75) is 66.2 Å². The normalized spacial score (nSPS) is 12.9. The number of pyridine rings is 1. The highest BCUT2D eigenvalue weighted by Gasteiger charge is 2.29. The summed E-state index contributed by atoms with van der Waals surface area (Å²) >= 11 is 1.38. The Balaban J connectivity index is 1.94. The Bertz CT molecular complexity index is 1520. The lowest BCUT2D eigenvalue weighted by Crippen LogP contribution is -2.45. The topological polar surface area (TPSA) is 96.1 Å². The van der Waals surface area contributed by atoms with Crippen LogP contribution in [0.15, 0.2) is 40.2 Å². The summed E-state index contributed by atoms with van der Waals surface area (Å²) in [4.78, 5) is 44.2. The summed E-state index contributed by atoms with van der Waals surface area (Å²) in [5.41, 5.74) is 1.48. The van der Waals surface area contributed by atoms with Gasteiger partial charge < -0.3 is 4.74 Å². The second-order valence-electron chi connectivity index (χ2n) is 9.48. The Labute approximate surface area is 201 Å². The second kappa shape index (κ2) is 8.79. The average Bonchev–Trinajstić information content (AvgIpc) is 3.15. The van der Waals surface area contributed by atoms with Gasteiger partial charge in [0.1, 0.15) is 11.6 Å². The molecule has 4 rings (SSSR count). The number of hydrogen-bond donors (Lipinski definition) is 0. The van der Waals surface area contributed by atoms with E-state index < -0.39 is 28.9 Å². The fraction of sp³-hybridized carbons (Fsp3) is 0.400. The first-order valence-corrected chi connectivity index (χ1v) is 12.0. The number of benzene rings is 1. The molecular weight excluding hydrogens is 452 g/mol. The summed E-state index contributed by atoms with van der Waals surface area (Å²) in [6.07, 6.45) is 3.24. The molecule has 0 bridgehead atoms. The highest BCUT2D eigenvalue weighted by atomic mass is 32.1. The highest BCUT2D eigenvalue weighted by molar-refractivity contribution is 7.13. The number of carbonyl (C=O) groups is 1. The van der Waals surface area contributed by atoms with E-state index in [0.717, 1.165) is 31.5 Å². The number of rotatable bonds is 5. The number of fused-ring (bicyclic) bond motifs is 2. The molecule has 178 valence electrons. The van der Waals surface area contributed by atoms with Crippen molar-refractivity contribution in [3.63, 3.8) is 0 Å². The van der Waals surface area contributed by atoms with Gasteiger partial charge in [-0.05, 0) is 75.8 Å². The number of aromatic nitrogens is 4. The molecule has 0 aliphatic rings. The van der Waals surface area contributed by atoms with Gasteiger partial charge in [-0.15, -0.1) is 0 Å². The van der Waals surface area contributed by atoms with E-state index in [-0.39, 0.29) is 13.0 Å². The number of hydrogen-bond acceptors (Lipinski definition) is 7. The minimum absolute atomic E-state index is 0.149. The fourth-order valence-electron chi connectivity index (χ4n) is 4.26. The average molecular weight is 481 g/mol. The van der Waals surface area contributed by atoms with Crippen LogP contribution in [0.25, 0.3) is 21.0 Å². The molecule has 3 heterocycles. The first-order chi connectivity index (χ1) is 16.0. The largest absolute Gasteiger partial charge is 0.458 e. The quantitative estimate of drug-likeness (QED) is 0.399. The van der Waals surface area contributed by atoms with Crippen LogP contribution >= 0.6 is 11.5 Å². The molecule has 0 amide bonds. The van der Waals surface area contributed by atoms with Gasteiger partial charge in [0.25, 0.3) is 5.56 Å². The van der Waals surface area contributed by atoms with Crippen LogP contribution < -0.4 is 11.2 Å². The summed E-state index contributed by atoms with van der Waals surface area (Å²) in [7, 11) is 0. The number of esters is 1. The molecule has 0 spiro atoms. The Kier molecular flexibility index (Phi) is 6.16. The number of aryl methyl sites for hydroxylation is 2. The van der Waals surface area contributed by atoms with E-state index in [0.29, 0.717) is 10.9 Å². The molecule has 0 aliphatic carbocycles. The lowest BCUT2D eigenvalue weighted by atomic mass is 10.1. The molecule has 4 aromatic rings. The third-order valence-electron chi connectivity index (χ3n) is 5.65. The first-order valence-electron chi connectivity index (χ1n) is 11.2. The van der Waals surface area contributed by atoms with Crippen molar-refractivity contribution in [2.75, 3.05) is 0 Å². The van der Waals surface area contributed by atoms with Crippen molar-refractivity contribution in [2.24, 2.45) is 0 Å². The number of carbonyl (C=O) groups excluding carboxylic acids is 1. The number of ether oxygens (including phenoxy) is 1. The van der Waals surface area contributed by atoms with Crippen LogP contribution in [0.1, 0.15) is 57.0 Å². The first kappa shape index (κ1) is 23.8. The van der Waals surface area contributed by atoms with Gasteiger partial charge in [0.2, 0.25) is 0 Å². The van der Waals surface area contributed by atoms with E-state index in [4.69, 9.17) is 4.74 Å². The van der Waals surface area contributed by atoms with E-state index in [1.807, 2.05) is 13.8 Å². The van der Waals surface area contributed by atoms with Crippen molar-refractivity contribution in [1.82, 2.24) is 18.5 Å². The number of nitrogens with zero attached hydrogens (tertiary/aromatic N) is 4. The molecule has 1 aromatic carbocycles. The molecule has 0 fully saturated rings. The van der Waals surface area contributed by atoms with E-state index >= 15 is 0 Å². The molecule has 9 heteroatoms. The van der Waals surface area contributed by atoms with Crippen LogP contribution in [-0.2, 0) is 16.1 Å². The van der Waals surface area contributed by atoms with Crippen molar-refractivity contribution in [1.29, 1.82) is 0 Å². The van der Waals surface area contributed by atoms with Crippen LogP contribution in [0.2, 0.25) is 0 Å². The molecule has 0 N–H and O–H groups in total. The van der Waals surface area contributed by atoms with Gasteiger partial charge in [0, 0.05) is 11.6 Å². The van der Waals surface area contributed by atoms with Crippen LogP contribution in [0.5, 0.6) is 0 Å². The van der Waals surface area contributed by atoms with Crippen LogP contribution in [0.3, 0.4) is 0 Å². The minimum Gasteiger partial charge on any atom is -0.458 e. The minimum atomic E-state index is -1.04. The zero-order valence-corrected chi connectivity index (χ0v) is 21.0. The van der Waals surface area contributed by atoms with E-state index in [1.54, 1.807) is 33.8 Å². The molecule has 0 saturated heterocycles. The van der Waals surface area contributed by atoms with E-state index in [2.05, 4.69) is 21.5 Å². The summed E-state index contributed by atoms with van der Waals surface area (Å²) in [5, 5.41) is 1.31. The Morgan fingerprint density at radius 2 is 1.94 bits per heavy atom. The SMILES string of the molecule is CCC(C(=O)OC(C)(C)C)n1c(=O)c2ccncc2n(Cc2nsc3cc(C)cc(C)c23)c1=O. The monoisotopic (exact) mass is 480 g/mol. The van der Waals surface area contributed by atoms with Crippen LogP contribution in [0.4, 0.5) is 0 Å². The molecule has 3 aromatic heterocycles. The van der Waals surface area contributed by atoms with E-state index in [1.165, 1.54) is 28.5 Å². The van der Waals surface area contributed by atoms with Crippen molar-refractivity contribution in [3.8, 4) is 0 Å². The third-order valence-corrected chi connectivity index (χ3v) is 6.48. The van der Waals surface area contributed by atoms with Crippen molar-refractivity contribution >= 4 is 38.5 Å². The molecule has 8 nitrogen and oxygen atoms in total. The standard InChI is InChI=1S/C25H28N4O4S/c1-7-18(23(31)33-25(4,5)6)29-22(30)16-8-9-26-12-19(16)28(24(29)32)13-17-21-15(3)10-14(2)11-20(21)34-27-17/h8-12,18H,7,13H2,1-6H3. The van der Waals surface area contributed by atoms with Gasteiger partial charge in [-0.3, -0.25) is 14.3 Å². The lowest BCUT2D eigenvalue weighted by Gasteiger charge is -2.25. The van der Waals surface area contributed by atoms with Gasteiger partial charge in [-0.25, -0.2) is 14.2 Å². The maximum Gasteiger partial charge on any atom is 0.332 e. The van der Waals surface area contributed by atoms with E-state index in [9.17, 15) is 14.4 Å². The van der Waals surface area contributed by atoms with Crippen molar-refractivity contribution < 1.29 is 9.53 Å². The van der Waals surface area contributed by atoms with Gasteiger partial charge in [-0.2, -0.15) is 4.37 Å². The highest BCUT2D eigenvalue weighted by Crippen LogP contribution is 2.28. The summed E-state index contributed by atoms with van der Waals surface area (Å²) in [6, 6.07) is 4.68. The van der Waals surface area contributed by atoms with Gasteiger partial charge in [-0.1, -0.05) is 13.0 Å². The third kappa shape index (κ3) is 4.27. The summed E-state index contributed by atoms with van der Waals surface area (Å²) in [5.74, 6) is -0.611. The molecule has 0 radical (unpaired) electrons. The van der Waals surface area contributed by atoms with Crippen molar-refractivity contribution in [3.05, 3.63) is 68.3 Å².